The van der Waals surface area contributed by atoms with Crippen LogP contribution in [-0.4, -0.2) is 47.3 Å². The number of amides is 1. The molecular formula is C19H20ClN3O2. The lowest BCUT2D eigenvalue weighted by atomic mass is 10.1. The van der Waals surface area contributed by atoms with E-state index in [0.29, 0.717) is 11.1 Å². The van der Waals surface area contributed by atoms with Gasteiger partial charge in [0.2, 0.25) is 0 Å². The smallest absolute Gasteiger partial charge is 0.410 e. The molecule has 1 aliphatic carbocycles. The molecule has 0 bridgehead atoms. The van der Waals surface area contributed by atoms with Gasteiger partial charge in [-0.05, 0) is 37.1 Å². The zero-order chi connectivity index (χ0) is 17.0. The molecule has 6 heteroatoms. The van der Waals surface area contributed by atoms with Crippen molar-refractivity contribution in [3.05, 3.63) is 35.5 Å². The molecule has 5 rings (SSSR count). The first kappa shape index (κ1) is 15.3. The Kier molecular flexibility index (Phi) is 3.52. The number of nitrogens with zero attached hydrogens (tertiary/aromatic N) is 3. The van der Waals surface area contributed by atoms with Gasteiger partial charge in [-0.15, -0.1) is 0 Å². The minimum absolute atomic E-state index is 0.0383. The Morgan fingerprint density at radius 1 is 1.16 bits per heavy atom. The van der Waals surface area contributed by atoms with E-state index >= 15 is 0 Å². The fourth-order valence-electron chi connectivity index (χ4n) is 4.65. The van der Waals surface area contributed by atoms with Crippen LogP contribution in [0.2, 0.25) is 5.02 Å². The van der Waals surface area contributed by atoms with Gasteiger partial charge in [-0.2, -0.15) is 0 Å². The van der Waals surface area contributed by atoms with Gasteiger partial charge >= 0.3 is 6.09 Å². The Morgan fingerprint density at radius 3 is 2.84 bits per heavy atom. The summed E-state index contributed by atoms with van der Waals surface area (Å²) in [5.41, 5.74) is 2.03. The number of rotatable bonds is 2. The summed E-state index contributed by atoms with van der Waals surface area (Å²) >= 11 is 6.10. The van der Waals surface area contributed by atoms with Gasteiger partial charge in [-0.1, -0.05) is 24.4 Å². The van der Waals surface area contributed by atoms with Crippen molar-refractivity contribution in [3.8, 4) is 0 Å². The molecule has 0 radical (unpaired) electrons. The van der Waals surface area contributed by atoms with Crippen LogP contribution in [0.4, 0.5) is 10.5 Å². The second-order valence-corrected chi connectivity index (χ2v) is 7.67. The first-order chi connectivity index (χ1) is 12.2. The molecule has 25 heavy (non-hydrogen) atoms. The highest BCUT2D eigenvalue weighted by atomic mass is 35.5. The van der Waals surface area contributed by atoms with E-state index in [-0.39, 0.29) is 18.2 Å². The van der Waals surface area contributed by atoms with Crippen molar-refractivity contribution in [1.82, 2.24) is 9.88 Å². The van der Waals surface area contributed by atoms with Crippen LogP contribution in [0.5, 0.6) is 0 Å². The molecule has 3 fully saturated rings. The van der Waals surface area contributed by atoms with Crippen LogP contribution >= 0.6 is 11.6 Å². The molecule has 2 aliphatic heterocycles. The standard InChI is InChI=1S/C19H20ClN3O2/c20-12-5-6-14-15(9-12)21-8-7-16(14)22-10-17-18(11-22)25-19(24)23(17)13-3-1-2-4-13/h5-9,13,17-18H,1-4,10-11H2/t17-,18+/m1/s1. The van der Waals surface area contributed by atoms with Gasteiger partial charge in [-0.3, -0.25) is 9.88 Å². The largest absolute Gasteiger partial charge is 0.442 e. The minimum Gasteiger partial charge on any atom is -0.442 e. The second-order valence-electron chi connectivity index (χ2n) is 7.23. The van der Waals surface area contributed by atoms with E-state index in [4.69, 9.17) is 16.3 Å². The zero-order valence-electron chi connectivity index (χ0n) is 13.9. The fourth-order valence-corrected chi connectivity index (χ4v) is 4.81. The molecule has 3 aliphatic rings. The molecule has 130 valence electrons. The summed E-state index contributed by atoms with van der Waals surface area (Å²) in [6.07, 6.45) is 6.31. The van der Waals surface area contributed by atoms with Gasteiger partial charge in [0.05, 0.1) is 18.1 Å². The molecular weight excluding hydrogens is 338 g/mol. The molecule has 0 spiro atoms. The topological polar surface area (TPSA) is 45.7 Å². The lowest BCUT2D eigenvalue weighted by Crippen LogP contribution is -2.43. The number of benzene rings is 1. The molecule has 1 aromatic carbocycles. The maximum absolute atomic E-state index is 12.3. The number of aromatic nitrogens is 1. The van der Waals surface area contributed by atoms with Crippen molar-refractivity contribution in [2.45, 2.75) is 43.9 Å². The first-order valence-corrected chi connectivity index (χ1v) is 9.37. The lowest BCUT2D eigenvalue weighted by Gasteiger charge is -2.28. The van der Waals surface area contributed by atoms with E-state index in [1.807, 2.05) is 35.4 Å². The van der Waals surface area contributed by atoms with Crippen LogP contribution in [0.1, 0.15) is 25.7 Å². The fraction of sp³-hybridized carbons (Fsp3) is 0.474. The second kappa shape index (κ2) is 5.77. The molecule has 3 heterocycles. The molecule has 5 nitrogen and oxygen atoms in total. The van der Waals surface area contributed by atoms with Crippen molar-refractivity contribution < 1.29 is 9.53 Å². The summed E-state index contributed by atoms with van der Waals surface area (Å²) in [5, 5.41) is 1.78. The van der Waals surface area contributed by atoms with E-state index in [2.05, 4.69) is 9.88 Å². The van der Waals surface area contributed by atoms with Crippen LogP contribution in [-0.2, 0) is 4.74 Å². The van der Waals surface area contributed by atoms with Gasteiger partial charge in [0.15, 0.2) is 0 Å². The van der Waals surface area contributed by atoms with Crippen LogP contribution in [0, 0.1) is 0 Å². The van der Waals surface area contributed by atoms with Crippen molar-refractivity contribution in [2.75, 3.05) is 18.0 Å². The third-order valence-electron chi connectivity index (χ3n) is 5.80. The highest BCUT2D eigenvalue weighted by Crippen LogP contribution is 2.37. The van der Waals surface area contributed by atoms with Crippen LogP contribution < -0.4 is 4.90 Å². The molecule has 2 aromatic rings. The van der Waals surface area contributed by atoms with E-state index in [1.54, 1.807) is 0 Å². The quantitative estimate of drug-likeness (QED) is 0.819. The Labute approximate surface area is 151 Å². The third-order valence-corrected chi connectivity index (χ3v) is 6.03. The number of hydrogen-bond acceptors (Lipinski definition) is 4. The van der Waals surface area contributed by atoms with Gasteiger partial charge in [0.1, 0.15) is 6.10 Å². The number of carbonyl (C=O) groups is 1. The van der Waals surface area contributed by atoms with E-state index in [1.165, 1.54) is 12.8 Å². The lowest BCUT2D eigenvalue weighted by molar-refractivity contribution is 0.130. The average molecular weight is 358 g/mol. The number of pyridine rings is 1. The van der Waals surface area contributed by atoms with Crippen molar-refractivity contribution in [3.63, 3.8) is 0 Å². The van der Waals surface area contributed by atoms with E-state index < -0.39 is 0 Å². The number of ether oxygens (including phenoxy) is 1. The molecule has 0 unspecified atom stereocenters. The number of halogens is 1. The minimum atomic E-state index is -0.118. The highest BCUT2D eigenvalue weighted by Gasteiger charge is 2.50. The summed E-state index contributed by atoms with van der Waals surface area (Å²) in [5.74, 6) is 0. The third kappa shape index (κ3) is 2.44. The van der Waals surface area contributed by atoms with Crippen molar-refractivity contribution >= 4 is 34.3 Å². The van der Waals surface area contributed by atoms with E-state index in [9.17, 15) is 4.79 Å². The Bertz CT molecular complexity index is 837. The summed E-state index contributed by atoms with van der Waals surface area (Å²) in [4.78, 5) is 21.1. The Hall–Kier alpha value is -2.01. The summed E-state index contributed by atoms with van der Waals surface area (Å²) in [6.45, 7) is 1.55. The molecule has 0 N–H and O–H groups in total. The van der Waals surface area contributed by atoms with Gasteiger partial charge in [-0.25, -0.2) is 4.79 Å². The predicted molar refractivity (Wildman–Crippen MR) is 97.1 cm³/mol. The molecule has 1 aromatic heterocycles. The highest BCUT2D eigenvalue weighted by molar-refractivity contribution is 6.31. The monoisotopic (exact) mass is 357 g/mol. The predicted octanol–water partition coefficient (Wildman–Crippen LogP) is 3.84. The number of hydrogen-bond donors (Lipinski definition) is 0. The van der Waals surface area contributed by atoms with Gasteiger partial charge < -0.3 is 9.64 Å². The normalized spacial score (nSPS) is 26.5. The zero-order valence-corrected chi connectivity index (χ0v) is 14.7. The summed E-state index contributed by atoms with van der Waals surface area (Å²) in [6, 6.07) is 8.37. The van der Waals surface area contributed by atoms with Crippen molar-refractivity contribution in [2.24, 2.45) is 0 Å². The van der Waals surface area contributed by atoms with Gasteiger partial charge in [0.25, 0.3) is 0 Å². The SMILES string of the molecule is O=C1O[C@H]2CN(c3ccnc4cc(Cl)ccc34)C[C@H]2N1C1CCCC1. The summed E-state index contributed by atoms with van der Waals surface area (Å²) < 4.78 is 5.70. The van der Waals surface area contributed by atoms with Crippen LogP contribution in [0.25, 0.3) is 10.9 Å². The average Bonchev–Trinajstić information content (AvgIpc) is 3.30. The van der Waals surface area contributed by atoms with Crippen LogP contribution in [0.3, 0.4) is 0 Å². The maximum Gasteiger partial charge on any atom is 0.410 e. The number of anilines is 1. The number of carbonyl (C=O) groups excluding carboxylic acids is 1. The molecule has 2 saturated heterocycles. The Morgan fingerprint density at radius 2 is 2.00 bits per heavy atom. The van der Waals surface area contributed by atoms with Gasteiger partial charge in [0, 0.05) is 34.9 Å². The molecule has 1 saturated carbocycles. The summed E-state index contributed by atoms with van der Waals surface area (Å²) in [7, 11) is 0. The van der Waals surface area contributed by atoms with Crippen LogP contribution in [0.15, 0.2) is 30.5 Å². The molecule has 2 atom stereocenters. The van der Waals surface area contributed by atoms with Crippen molar-refractivity contribution in [1.29, 1.82) is 0 Å². The van der Waals surface area contributed by atoms with E-state index in [0.717, 1.165) is 42.5 Å². The maximum atomic E-state index is 12.3. The first-order valence-electron chi connectivity index (χ1n) is 8.99. The number of fused-ring (bicyclic) bond motifs is 2. The molecule has 1 amide bonds. The Balaban J connectivity index is 1.45.